The van der Waals surface area contributed by atoms with E-state index in [1.807, 2.05) is 0 Å². The molecule has 1 aromatic rings. The SMILES string of the molecule is CC(C)N(CCO)C(=O)Nc1ccc(F)cc1F. The average Bonchev–Trinajstić information content (AvgIpc) is 2.29. The molecule has 0 saturated heterocycles. The van der Waals surface area contributed by atoms with E-state index in [4.69, 9.17) is 5.11 Å². The van der Waals surface area contributed by atoms with Gasteiger partial charge in [-0.05, 0) is 26.0 Å². The molecule has 1 rings (SSSR count). The fourth-order valence-corrected chi connectivity index (χ4v) is 1.48. The molecule has 18 heavy (non-hydrogen) atoms. The number of aliphatic hydroxyl groups excluding tert-OH is 1. The summed E-state index contributed by atoms with van der Waals surface area (Å²) in [7, 11) is 0. The number of benzene rings is 1. The number of amides is 2. The predicted molar refractivity (Wildman–Crippen MR) is 64.3 cm³/mol. The maximum atomic E-state index is 13.3. The Morgan fingerprint density at radius 2 is 2.11 bits per heavy atom. The molecule has 0 aliphatic rings. The Morgan fingerprint density at radius 1 is 1.44 bits per heavy atom. The number of nitrogens with zero attached hydrogens (tertiary/aromatic N) is 1. The Labute approximate surface area is 104 Å². The number of rotatable bonds is 4. The number of carbonyl (C=O) groups excluding carboxylic acids is 1. The fourth-order valence-electron chi connectivity index (χ4n) is 1.48. The van der Waals surface area contributed by atoms with Gasteiger partial charge in [-0.25, -0.2) is 13.6 Å². The number of nitrogens with one attached hydrogen (secondary N) is 1. The molecule has 0 atom stereocenters. The molecule has 0 unspecified atom stereocenters. The zero-order valence-electron chi connectivity index (χ0n) is 10.3. The van der Waals surface area contributed by atoms with Crippen LogP contribution in [-0.4, -0.2) is 35.2 Å². The number of hydrogen-bond acceptors (Lipinski definition) is 2. The molecule has 0 fully saturated rings. The van der Waals surface area contributed by atoms with Crippen LogP contribution in [0.25, 0.3) is 0 Å². The molecule has 0 aromatic heterocycles. The van der Waals surface area contributed by atoms with Gasteiger partial charge in [0.1, 0.15) is 11.6 Å². The number of hydrogen-bond donors (Lipinski definition) is 2. The van der Waals surface area contributed by atoms with E-state index in [2.05, 4.69) is 5.32 Å². The molecule has 0 aliphatic heterocycles. The van der Waals surface area contributed by atoms with Crippen LogP contribution in [0.5, 0.6) is 0 Å². The molecule has 0 saturated carbocycles. The summed E-state index contributed by atoms with van der Waals surface area (Å²) in [4.78, 5) is 13.2. The molecule has 0 aliphatic carbocycles. The normalized spacial score (nSPS) is 10.6. The van der Waals surface area contributed by atoms with Gasteiger partial charge in [0.15, 0.2) is 0 Å². The van der Waals surface area contributed by atoms with Gasteiger partial charge in [0.05, 0.1) is 12.3 Å². The lowest BCUT2D eigenvalue weighted by atomic mass is 10.3. The fraction of sp³-hybridized carbons (Fsp3) is 0.417. The predicted octanol–water partition coefficient (Wildman–Crippen LogP) is 2.20. The molecule has 0 spiro atoms. The Hall–Kier alpha value is -1.69. The summed E-state index contributed by atoms with van der Waals surface area (Å²) >= 11 is 0. The number of anilines is 1. The molecule has 2 amide bonds. The van der Waals surface area contributed by atoms with Crippen molar-refractivity contribution in [3.8, 4) is 0 Å². The van der Waals surface area contributed by atoms with Crippen LogP contribution < -0.4 is 5.32 Å². The molecular formula is C12H16F2N2O2. The first-order chi connectivity index (χ1) is 8.45. The number of urea groups is 1. The van der Waals surface area contributed by atoms with Crippen LogP contribution in [0.15, 0.2) is 18.2 Å². The van der Waals surface area contributed by atoms with E-state index in [0.29, 0.717) is 6.07 Å². The first kappa shape index (κ1) is 14.4. The van der Waals surface area contributed by atoms with E-state index < -0.39 is 17.7 Å². The van der Waals surface area contributed by atoms with Crippen molar-refractivity contribution in [2.24, 2.45) is 0 Å². The van der Waals surface area contributed by atoms with Gasteiger partial charge in [-0.1, -0.05) is 0 Å². The van der Waals surface area contributed by atoms with Gasteiger partial charge in [-0.15, -0.1) is 0 Å². The molecule has 6 heteroatoms. The van der Waals surface area contributed by atoms with Crippen molar-refractivity contribution in [2.75, 3.05) is 18.5 Å². The Kier molecular flexibility index (Phi) is 5.03. The third-order valence-electron chi connectivity index (χ3n) is 2.40. The van der Waals surface area contributed by atoms with Crippen molar-refractivity contribution < 1.29 is 18.7 Å². The Morgan fingerprint density at radius 3 is 2.61 bits per heavy atom. The van der Waals surface area contributed by atoms with Gasteiger partial charge in [-0.3, -0.25) is 0 Å². The highest BCUT2D eigenvalue weighted by molar-refractivity contribution is 5.89. The lowest BCUT2D eigenvalue weighted by molar-refractivity contribution is 0.172. The van der Waals surface area contributed by atoms with Crippen molar-refractivity contribution >= 4 is 11.7 Å². The highest BCUT2D eigenvalue weighted by atomic mass is 19.1. The number of aliphatic hydroxyl groups is 1. The summed E-state index contributed by atoms with van der Waals surface area (Å²) in [5.41, 5.74) is -0.0926. The van der Waals surface area contributed by atoms with E-state index in [0.717, 1.165) is 12.1 Å². The minimum Gasteiger partial charge on any atom is -0.395 e. The van der Waals surface area contributed by atoms with Crippen LogP contribution in [0.2, 0.25) is 0 Å². The van der Waals surface area contributed by atoms with Crippen molar-refractivity contribution in [3.63, 3.8) is 0 Å². The molecular weight excluding hydrogens is 242 g/mol. The monoisotopic (exact) mass is 258 g/mol. The van der Waals surface area contributed by atoms with Crippen molar-refractivity contribution in [2.45, 2.75) is 19.9 Å². The van der Waals surface area contributed by atoms with E-state index in [1.54, 1.807) is 13.8 Å². The van der Waals surface area contributed by atoms with Crippen LogP contribution in [0.3, 0.4) is 0 Å². The van der Waals surface area contributed by atoms with Gasteiger partial charge in [0, 0.05) is 18.7 Å². The van der Waals surface area contributed by atoms with Gasteiger partial charge < -0.3 is 15.3 Å². The second kappa shape index (κ2) is 6.30. The van der Waals surface area contributed by atoms with E-state index in [9.17, 15) is 13.6 Å². The first-order valence-corrected chi connectivity index (χ1v) is 5.59. The maximum Gasteiger partial charge on any atom is 0.322 e. The Balaban J connectivity index is 2.79. The smallest absolute Gasteiger partial charge is 0.322 e. The third-order valence-corrected chi connectivity index (χ3v) is 2.40. The second-order valence-electron chi connectivity index (χ2n) is 4.07. The molecule has 4 nitrogen and oxygen atoms in total. The van der Waals surface area contributed by atoms with Crippen LogP contribution in [0.1, 0.15) is 13.8 Å². The minimum absolute atomic E-state index is 0.0926. The first-order valence-electron chi connectivity index (χ1n) is 5.59. The van der Waals surface area contributed by atoms with Gasteiger partial charge in [-0.2, -0.15) is 0 Å². The van der Waals surface area contributed by atoms with E-state index in [-0.39, 0.29) is 24.9 Å². The zero-order valence-corrected chi connectivity index (χ0v) is 10.3. The molecule has 2 N–H and O–H groups in total. The standard InChI is InChI=1S/C12H16F2N2O2/c1-8(2)16(5-6-17)12(18)15-11-4-3-9(13)7-10(11)14/h3-4,7-8,17H,5-6H2,1-2H3,(H,15,18). The van der Waals surface area contributed by atoms with E-state index >= 15 is 0 Å². The largest absolute Gasteiger partial charge is 0.395 e. The highest BCUT2D eigenvalue weighted by Crippen LogP contribution is 2.15. The van der Waals surface area contributed by atoms with Crippen LogP contribution in [-0.2, 0) is 0 Å². The van der Waals surface area contributed by atoms with Crippen LogP contribution in [0.4, 0.5) is 19.3 Å². The molecule has 0 bridgehead atoms. The lowest BCUT2D eigenvalue weighted by Gasteiger charge is -2.26. The third kappa shape index (κ3) is 3.66. The molecule has 1 aromatic carbocycles. The molecule has 100 valence electrons. The number of carbonyl (C=O) groups is 1. The van der Waals surface area contributed by atoms with Gasteiger partial charge in [0.2, 0.25) is 0 Å². The second-order valence-corrected chi connectivity index (χ2v) is 4.07. The Bertz CT molecular complexity index is 425. The summed E-state index contributed by atoms with van der Waals surface area (Å²) in [5, 5.41) is 11.2. The summed E-state index contributed by atoms with van der Waals surface area (Å²) in [6.45, 7) is 3.51. The molecule has 0 radical (unpaired) electrons. The van der Waals surface area contributed by atoms with Gasteiger partial charge >= 0.3 is 6.03 Å². The summed E-state index contributed by atoms with van der Waals surface area (Å²) in [6, 6.07) is 2.23. The van der Waals surface area contributed by atoms with Crippen LogP contribution in [0, 0.1) is 11.6 Å². The summed E-state index contributed by atoms with van der Waals surface area (Å²) in [6.07, 6.45) is 0. The van der Waals surface area contributed by atoms with Crippen LogP contribution >= 0.6 is 0 Å². The maximum absolute atomic E-state index is 13.3. The minimum atomic E-state index is -0.837. The average molecular weight is 258 g/mol. The van der Waals surface area contributed by atoms with Gasteiger partial charge in [0.25, 0.3) is 0 Å². The van der Waals surface area contributed by atoms with Crippen molar-refractivity contribution in [1.82, 2.24) is 4.90 Å². The van der Waals surface area contributed by atoms with E-state index in [1.165, 1.54) is 4.90 Å². The topological polar surface area (TPSA) is 52.6 Å². The highest BCUT2D eigenvalue weighted by Gasteiger charge is 2.17. The summed E-state index contributed by atoms with van der Waals surface area (Å²) in [5.74, 6) is -1.54. The number of halogens is 2. The zero-order chi connectivity index (χ0) is 13.7. The molecule has 0 heterocycles. The van der Waals surface area contributed by atoms with Crippen molar-refractivity contribution in [1.29, 1.82) is 0 Å². The van der Waals surface area contributed by atoms with Crippen molar-refractivity contribution in [3.05, 3.63) is 29.8 Å². The quantitative estimate of drug-likeness (QED) is 0.869. The summed E-state index contributed by atoms with van der Waals surface area (Å²) < 4.78 is 26.0. The lowest BCUT2D eigenvalue weighted by Crippen LogP contribution is -2.41.